The zero-order valence-electron chi connectivity index (χ0n) is 16.3. The number of aryl methyl sites for hydroxylation is 4. The van der Waals surface area contributed by atoms with Crippen LogP contribution in [0.3, 0.4) is 0 Å². The van der Waals surface area contributed by atoms with Crippen LogP contribution in [0, 0.1) is 20.8 Å². The van der Waals surface area contributed by atoms with E-state index in [1.165, 1.54) is 0 Å². The number of rotatable bonds is 4. The van der Waals surface area contributed by atoms with Crippen LogP contribution in [-0.2, 0) is 11.3 Å². The number of hydrogen-bond donors (Lipinski definition) is 0. The highest BCUT2D eigenvalue weighted by atomic mass is 16.2. The second-order valence-electron chi connectivity index (χ2n) is 7.14. The van der Waals surface area contributed by atoms with Gasteiger partial charge < -0.3 is 9.80 Å². The molecule has 1 aliphatic heterocycles. The molecule has 144 valence electrons. The Morgan fingerprint density at radius 1 is 1.04 bits per heavy atom. The van der Waals surface area contributed by atoms with Crippen molar-refractivity contribution in [3.63, 3.8) is 0 Å². The van der Waals surface area contributed by atoms with Crippen LogP contribution in [-0.4, -0.2) is 62.6 Å². The van der Waals surface area contributed by atoms with Gasteiger partial charge in [-0.05, 0) is 44.9 Å². The predicted molar refractivity (Wildman–Crippen MR) is 102 cm³/mol. The summed E-state index contributed by atoms with van der Waals surface area (Å²) < 4.78 is 1.80. The van der Waals surface area contributed by atoms with Crippen LogP contribution in [0.1, 0.15) is 40.2 Å². The fraction of sp³-hybridized carbons (Fsp3) is 0.500. The van der Waals surface area contributed by atoms with Crippen molar-refractivity contribution in [2.24, 2.45) is 0 Å². The maximum Gasteiger partial charge on any atom is 0.255 e. The average molecular weight is 369 g/mol. The molecule has 0 radical (unpaired) electrons. The largest absolute Gasteiger partial charge is 0.341 e. The maximum absolute atomic E-state index is 12.8. The van der Waals surface area contributed by atoms with Crippen molar-refractivity contribution in [1.29, 1.82) is 0 Å². The summed E-state index contributed by atoms with van der Waals surface area (Å²) in [6.45, 7) is 8.82. The number of carbonyl (C=O) groups is 2. The van der Waals surface area contributed by atoms with E-state index in [0.29, 0.717) is 44.7 Å². The molecule has 0 atom stereocenters. The van der Waals surface area contributed by atoms with Crippen molar-refractivity contribution >= 4 is 11.8 Å². The third-order valence-electron chi connectivity index (χ3n) is 4.91. The van der Waals surface area contributed by atoms with Gasteiger partial charge in [0, 0.05) is 51.0 Å². The normalized spacial score (nSPS) is 14.9. The van der Waals surface area contributed by atoms with Crippen LogP contribution in [0.2, 0.25) is 0 Å². The van der Waals surface area contributed by atoms with Gasteiger partial charge in [0.05, 0.1) is 17.5 Å². The van der Waals surface area contributed by atoms with Gasteiger partial charge in [0.1, 0.15) is 0 Å². The van der Waals surface area contributed by atoms with Gasteiger partial charge in [-0.1, -0.05) is 0 Å². The third kappa shape index (κ3) is 4.72. The lowest BCUT2D eigenvalue weighted by Crippen LogP contribution is -2.37. The number of amides is 2. The van der Waals surface area contributed by atoms with Crippen molar-refractivity contribution in [2.45, 2.75) is 40.2 Å². The van der Waals surface area contributed by atoms with E-state index in [1.54, 1.807) is 10.9 Å². The Morgan fingerprint density at radius 3 is 2.48 bits per heavy atom. The van der Waals surface area contributed by atoms with E-state index < -0.39 is 0 Å². The standard InChI is InChI=1S/C20H27N5O2/c1-15-13-21-25(14-15)10-7-19(26)23-8-4-9-24(12-11-23)20(27)18-6-5-16(2)22-17(18)3/h5-6,13-14H,4,7-12H2,1-3H3. The van der Waals surface area contributed by atoms with Gasteiger partial charge in [0.15, 0.2) is 0 Å². The molecule has 0 N–H and O–H groups in total. The van der Waals surface area contributed by atoms with E-state index in [4.69, 9.17) is 0 Å². The van der Waals surface area contributed by atoms with Crippen molar-refractivity contribution in [3.05, 3.63) is 47.0 Å². The Labute approximate surface area is 160 Å². The molecule has 7 heteroatoms. The fourth-order valence-corrected chi connectivity index (χ4v) is 3.41. The molecule has 0 bridgehead atoms. The van der Waals surface area contributed by atoms with Crippen LogP contribution in [0.4, 0.5) is 0 Å². The Balaban J connectivity index is 1.56. The Bertz CT molecular complexity index is 830. The molecule has 3 heterocycles. The molecule has 27 heavy (non-hydrogen) atoms. The minimum atomic E-state index is 0.00122. The van der Waals surface area contributed by atoms with Crippen LogP contribution in [0.15, 0.2) is 24.5 Å². The summed E-state index contributed by atoms with van der Waals surface area (Å²) in [5, 5.41) is 4.22. The number of carbonyl (C=O) groups excluding carboxylic acids is 2. The van der Waals surface area contributed by atoms with Crippen LogP contribution >= 0.6 is 0 Å². The highest BCUT2D eigenvalue weighted by Gasteiger charge is 2.23. The molecule has 0 aromatic carbocycles. The first-order valence-corrected chi connectivity index (χ1v) is 9.44. The molecule has 0 spiro atoms. The zero-order chi connectivity index (χ0) is 19.4. The molecule has 0 saturated carbocycles. The first-order chi connectivity index (χ1) is 12.9. The molecule has 2 aromatic rings. The summed E-state index contributed by atoms with van der Waals surface area (Å²) in [6, 6.07) is 3.71. The highest BCUT2D eigenvalue weighted by Crippen LogP contribution is 2.13. The second-order valence-corrected chi connectivity index (χ2v) is 7.14. The third-order valence-corrected chi connectivity index (χ3v) is 4.91. The van der Waals surface area contributed by atoms with Gasteiger partial charge in [-0.3, -0.25) is 19.3 Å². The van der Waals surface area contributed by atoms with E-state index >= 15 is 0 Å². The Morgan fingerprint density at radius 2 is 1.78 bits per heavy atom. The second kappa shape index (κ2) is 8.33. The molecule has 0 unspecified atom stereocenters. The summed E-state index contributed by atoms with van der Waals surface area (Å²) in [7, 11) is 0. The highest BCUT2D eigenvalue weighted by molar-refractivity contribution is 5.95. The van der Waals surface area contributed by atoms with Crippen molar-refractivity contribution in [3.8, 4) is 0 Å². The lowest BCUT2D eigenvalue weighted by Gasteiger charge is -2.23. The molecule has 7 nitrogen and oxygen atoms in total. The SMILES string of the molecule is Cc1cnn(CCC(=O)N2CCCN(C(=O)c3ccc(C)nc3C)CC2)c1. The maximum atomic E-state index is 12.8. The summed E-state index contributed by atoms with van der Waals surface area (Å²) in [5.41, 5.74) is 3.40. The van der Waals surface area contributed by atoms with Crippen LogP contribution < -0.4 is 0 Å². The molecule has 2 amide bonds. The Hall–Kier alpha value is -2.70. The average Bonchev–Trinajstić information content (AvgIpc) is 2.90. The molecule has 1 saturated heterocycles. The topological polar surface area (TPSA) is 71.3 Å². The lowest BCUT2D eigenvalue weighted by atomic mass is 10.1. The summed E-state index contributed by atoms with van der Waals surface area (Å²) in [5.74, 6) is 0.118. The quantitative estimate of drug-likeness (QED) is 0.826. The van der Waals surface area contributed by atoms with Gasteiger partial charge in [0.25, 0.3) is 5.91 Å². The van der Waals surface area contributed by atoms with E-state index in [9.17, 15) is 9.59 Å². The zero-order valence-corrected chi connectivity index (χ0v) is 16.3. The summed E-state index contributed by atoms with van der Waals surface area (Å²) in [6.07, 6.45) is 4.95. The van der Waals surface area contributed by atoms with E-state index in [2.05, 4.69) is 10.1 Å². The number of nitrogens with zero attached hydrogens (tertiary/aromatic N) is 5. The molecular formula is C20H27N5O2. The van der Waals surface area contributed by atoms with Gasteiger partial charge in [0.2, 0.25) is 5.91 Å². The van der Waals surface area contributed by atoms with Crippen molar-refractivity contribution in [2.75, 3.05) is 26.2 Å². The minimum absolute atomic E-state index is 0.00122. The predicted octanol–water partition coefficient (Wildman–Crippen LogP) is 1.97. The van der Waals surface area contributed by atoms with E-state index in [0.717, 1.165) is 23.4 Å². The molecule has 1 fully saturated rings. The van der Waals surface area contributed by atoms with Crippen LogP contribution in [0.5, 0.6) is 0 Å². The first kappa shape index (κ1) is 19.1. The monoisotopic (exact) mass is 369 g/mol. The molecule has 3 rings (SSSR count). The van der Waals surface area contributed by atoms with E-state index in [1.807, 2.05) is 48.9 Å². The fourth-order valence-electron chi connectivity index (χ4n) is 3.41. The molecule has 1 aliphatic rings. The van der Waals surface area contributed by atoms with Gasteiger partial charge in [-0.15, -0.1) is 0 Å². The summed E-state index contributed by atoms with van der Waals surface area (Å²) >= 11 is 0. The Kier molecular flexibility index (Phi) is 5.88. The molecular weight excluding hydrogens is 342 g/mol. The van der Waals surface area contributed by atoms with Gasteiger partial charge in [-0.2, -0.15) is 5.10 Å². The van der Waals surface area contributed by atoms with Crippen LogP contribution in [0.25, 0.3) is 0 Å². The molecule has 2 aromatic heterocycles. The smallest absolute Gasteiger partial charge is 0.255 e. The molecule has 0 aliphatic carbocycles. The van der Waals surface area contributed by atoms with Gasteiger partial charge >= 0.3 is 0 Å². The van der Waals surface area contributed by atoms with E-state index in [-0.39, 0.29) is 11.8 Å². The number of aromatic nitrogens is 3. The minimum Gasteiger partial charge on any atom is -0.341 e. The van der Waals surface area contributed by atoms with Gasteiger partial charge in [-0.25, -0.2) is 0 Å². The number of pyridine rings is 1. The lowest BCUT2D eigenvalue weighted by molar-refractivity contribution is -0.131. The number of hydrogen-bond acceptors (Lipinski definition) is 4. The first-order valence-electron chi connectivity index (χ1n) is 9.44. The van der Waals surface area contributed by atoms with Crippen molar-refractivity contribution < 1.29 is 9.59 Å². The van der Waals surface area contributed by atoms with Crippen molar-refractivity contribution in [1.82, 2.24) is 24.6 Å². The summed E-state index contributed by atoms with van der Waals surface area (Å²) in [4.78, 5) is 33.5.